The van der Waals surface area contributed by atoms with Crippen LogP contribution in [-0.4, -0.2) is 25.0 Å². The summed E-state index contributed by atoms with van der Waals surface area (Å²) in [5.41, 5.74) is 1.13. The predicted octanol–water partition coefficient (Wildman–Crippen LogP) is 0.344. The summed E-state index contributed by atoms with van der Waals surface area (Å²) in [5.74, 6) is 0.639. The zero-order valence-corrected chi connectivity index (χ0v) is 9.36. The molecule has 85 valence electrons. The molecule has 4 heteroatoms. The van der Waals surface area contributed by atoms with Crippen LogP contribution in [0.3, 0.4) is 0 Å². The third kappa shape index (κ3) is 7.14. The molecular formula is C11H20BO3. The molecule has 1 radical (unpaired) electrons. The summed E-state index contributed by atoms with van der Waals surface area (Å²) in [6, 6.07) is 10.1. The van der Waals surface area contributed by atoms with Gasteiger partial charge in [0, 0.05) is 6.61 Å². The lowest BCUT2D eigenvalue weighted by molar-refractivity contribution is 0.273. The Morgan fingerprint density at radius 1 is 1.20 bits per heavy atom. The van der Waals surface area contributed by atoms with E-state index in [1.807, 2.05) is 37.8 Å². The van der Waals surface area contributed by atoms with Crippen molar-refractivity contribution in [3.8, 4) is 0 Å². The first-order valence-corrected chi connectivity index (χ1v) is 4.82. The van der Waals surface area contributed by atoms with Crippen molar-refractivity contribution in [3.05, 3.63) is 30.3 Å². The second-order valence-electron chi connectivity index (χ2n) is 3.38. The quantitative estimate of drug-likeness (QED) is 0.647. The first-order chi connectivity index (χ1) is 6.33. The maximum Gasteiger partial charge on any atom is 0.329 e. The molecule has 0 spiro atoms. The van der Waals surface area contributed by atoms with Crippen LogP contribution in [0.5, 0.6) is 0 Å². The van der Waals surface area contributed by atoms with Crippen LogP contribution in [0.25, 0.3) is 0 Å². The number of benzene rings is 1. The van der Waals surface area contributed by atoms with Crippen molar-refractivity contribution < 1.29 is 15.6 Å². The molecule has 0 saturated carbocycles. The minimum absolute atomic E-state index is 0. The van der Waals surface area contributed by atoms with Gasteiger partial charge in [0.2, 0.25) is 0 Å². The number of hydrogen-bond acceptors (Lipinski definition) is 1. The fourth-order valence-corrected chi connectivity index (χ4v) is 0.958. The average molecular weight is 211 g/mol. The maximum atomic E-state index is 5.45. The Labute approximate surface area is 92.4 Å². The van der Waals surface area contributed by atoms with Gasteiger partial charge in [-0.25, -0.2) is 0 Å². The highest BCUT2D eigenvalue weighted by atomic mass is 16.4. The molecular weight excluding hydrogens is 191 g/mol. The fraction of sp³-hybridized carbons (Fsp3) is 0.455. The lowest BCUT2D eigenvalue weighted by atomic mass is 9.88. The lowest BCUT2D eigenvalue weighted by Gasteiger charge is -2.08. The van der Waals surface area contributed by atoms with Crippen LogP contribution in [0.2, 0.25) is 0 Å². The molecule has 0 bridgehead atoms. The smallest absolute Gasteiger partial charge is 0.329 e. The second kappa shape index (κ2) is 9.71. The molecule has 0 aliphatic heterocycles. The fourth-order valence-electron chi connectivity index (χ4n) is 0.958. The molecule has 3 nitrogen and oxygen atoms in total. The first-order valence-electron chi connectivity index (χ1n) is 4.82. The van der Waals surface area contributed by atoms with Crippen molar-refractivity contribution in [2.24, 2.45) is 5.92 Å². The Bertz CT molecular complexity index is 229. The van der Waals surface area contributed by atoms with Crippen LogP contribution in [0.15, 0.2) is 30.3 Å². The van der Waals surface area contributed by atoms with Crippen molar-refractivity contribution >= 4 is 12.9 Å². The van der Waals surface area contributed by atoms with Crippen LogP contribution >= 0.6 is 0 Å². The zero-order chi connectivity index (χ0) is 9.52. The minimum Gasteiger partial charge on any atom is -0.434 e. The van der Waals surface area contributed by atoms with Crippen LogP contribution in [0.1, 0.15) is 20.3 Å². The summed E-state index contributed by atoms with van der Waals surface area (Å²) in [5, 5.41) is 0. The minimum atomic E-state index is 0. The van der Waals surface area contributed by atoms with Crippen molar-refractivity contribution in [3.63, 3.8) is 0 Å². The van der Waals surface area contributed by atoms with Gasteiger partial charge < -0.3 is 15.6 Å². The maximum absolute atomic E-state index is 5.45. The van der Waals surface area contributed by atoms with E-state index >= 15 is 0 Å². The monoisotopic (exact) mass is 211 g/mol. The van der Waals surface area contributed by atoms with Gasteiger partial charge in [-0.1, -0.05) is 56.1 Å². The summed E-state index contributed by atoms with van der Waals surface area (Å²) >= 11 is 0. The van der Waals surface area contributed by atoms with Crippen molar-refractivity contribution in [1.29, 1.82) is 0 Å². The molecule has 0 heterocycles. The molecule has 0 fully saturated rings. The molecule has 0 aliphatic rings. The van der Waals surface area contributed by atoms with E-state index in [9.17, 15) is 0 Å². The molecule has 15 heavy (non-hydrogen) atoms. The molecule has 0 aromatic heterocycles. The van der Waals surface area contributed by atoms with Gasteiger partial charge in [-0.15, -0.1) is 0 Å². The van der Waals surface area contributed by atoms with Gasteiger partial charge in [-0.2, -0.15) is 0 Å². The molecule has 1 atom stereocenters. The van der Waals surface area contributed by atoms with Gasteiger partial charge in [-0.3, -0.25) is 0 Å². The molecule has 1 aromatic carbocycles. The molecule has 0 saturated heterocycles. The average Bonchev–Trinajstić information content (AvgIpc) is 2.19. The normalized spacial score (nSPS) is 10.8. The highest BCUT2D eigenvalue weighted by Crippen LogP contribution is 1.99. The standard InChI is InChI=1S/C11H16BO.2H2O/c1-3-10(2)9-13-12-11-7-5-4-6-8-11;;/h4-8,10H,3,9H2,1-2H3;2*1H2. The van der Waals surface area contributed by atoms with Gasteiger partial charge in [0.05, 0.1) is 0 Å². The Balaban J connectivity index is 0. The van der Waals surface area contributed by atoms with E-state index in [1.54, 1.807) is 0 Å². The largest absolute Gasteiger partial charge is 0.434 e. The van der Waals surface area contributed by atoms with Crippen LogP contribution in [0.4, 0.5) is 0 Å². The van der Waals surface area contributed by atoms with Crippen molar-refractivity contribution in [2.45, 2.75) is 20.3 Å². The molecule has 0 aliphatic carbocycles. The predicted molar refractivity (Wildman–Crippen MR) is 64.5 cm³/mol. The van der Waals surface area contributed by atoms with E-state index in [0.29, 0.717) is 5.92 Å². The van der Waals surface area contributed by atoms with Crippen molar-refractivity contribution in [1.82, 2.24) is 0 Å². The topological polar surface area (TPSA) is 72.2 Å². The van der Waals surface area contributed by atoms with Gasteiger partial charge in [0.25, 0.3) is 0 Å². The van der Waals surface area contributed by atoms with E-state index < -0.39 is 0 Å². The van der Waals surface area contributed by atoms with Gasteiger partial charge >= 0.3 is 7.48 Å². The highest BCUT2D eigenvalue weighted by Gasteiger charge is 2.00. The third-order valence-corrected chi connectivity index (χ3v) is 2.10. The molecule has 1 aromatic rings. The summed E-state index contributed by atoms with van der Waals surface area (Å²) in [7, 11) is 1.83. The van der Waals surface area contributed by atoms with E-state index in [1.165, 1.54) is 6.42 Å². The van der Waals surface area contributed by atoms with Gasteiger partial charge in [0.1, 0.15) is 0 Å². The van der Waals surface area contributed by atoms with Crippen molar-refractivity contribution in [2.75, 3.05) is 6.61 Å². The van der Waals surface area contributed by atoms with Gasteiger partial charge in [0.15, 0.2) is 0 Å². The summed E-state index contributed by atoms with van der Waals surface area (Å²) in [6.07, 6.45) is 1.17. The van der Waals surface area contributed by atoms with Crippen LogP contribution in [0, 0.1) is 5.92 Å². The summed E-state index contributed by atoms with van der Waals surface area (Å²) in [6.45, 7) is 5.18. The number of rotatable bonds is 5. The van der Waals surface area contributed by atoms with E-state index in [2.05, 4.69) is 13.8 Å². The first kappa shape index (κ1) is 16.6. The van der Waals surface area contributed by atoms with Crippen LogP contribution < -0.4 is 5.46 Å². The highest BCUT2D eigenvalue weighted by molar-refractivity contribution is 6.46. The Morgan fingerprint density at radius 2 is 1.80 bits per heavy atom. The Morgan fingerprint density at radius 3 is 2.33 bits per heavy atom. The number of hydrogen-bond donors (Lipinski definition) is 0. The summed E-state index contributed by atoms with van der Waals surface area (Å²) < 4.78 is 5.45. The Hall–Kier alpha value is -0.835. The molecule has 4 N–H and O–H groups in total. The van der Waals surface area contributed by atoms with Crippen LogP contribution in [-0.2, 0) is 4.65 Å². The van der Waals surface area contributed by atoms with E-state index in [4.69, 9.17) is 4.65 Å². The second-order valence-corrected chi connectivity index (χ2v) is 3.38. The SMILES string of the molecule is CCC(C)CO[B]c1ccccc1.O.O. The van der Waals surface area contributed by atoms with E-state index in [-0.39, 0.29) is 11.0 Å². The molecule has 1 unspecified atom stereocenters. The lowest BCUT2D eigenvalue weighted by Crippen LogP contribution is -2.19. The third-order valence-electron chi connectivity index (χ3n) is 2.10. The van der Waals surface area contributed by atoms with Gasteiger partial charge in [-0.05, 0) is 5.92 Å². The molecule has 0 amide bonds. The summed E-state index contributed by atoms with van der Waals surface area (Å²) in [4.78, 5) is 0. The Kier molecular flexibility index (Phi) is 10.7. The molecule has 1 rings (SSSR count). The zero-order valence-electron chi connectivity index (χ0n) is 9.36. The van der Waals surface area contributed by atoms with E-state index in [0.717, 1.165) is 12.1 Å².